The van der Waals surface area contributed by atoms with Gasteiger partial charge < -0.3 is 4.42 Å². The highest BCUT2D eigenvalue weighted by Crippen LogP contribution is 2.41. The highest BCUT2D eigenvalue weighted by molar-refractivity contribution is 8.00. The van der Waals surface area contributed by atoms with Crippen molar-refractivity contribution in [2.45, 2.75) is 49.7 Å². The summed E-state index contributed by atoms with van der Waals surface area (Å²) >= 11 is 1.83. The highest BCUT2D eigenvalue weighted by atomic mass is 32.2. The molecule has 0 radical (unpaired) electrons. The molecular formula is C14H19NOS. The van der Waals surface area contributed by atoms with E-state index in [1.54, 1.807) is 6.26 Å². The predicted molar refractivity (Wildman–Crippen MR) is 69.8 cm³/mol. The van der Waals surface area contributed by atoms with Crippen molar-refractivity contribution in [1.29, 1.82) is 5.26 Å². The molecule has 0 saturated heterocycles. The van der Waals surface area contributed by atoms with E-state index >= 15 is 0 Å². The fourth-order valence-electron chi connectivity index (χ4n) is 2.52. The molecule has 1 aliphatic carbocycles. The van der Waals surface area contributed by atoms with Crippen LogP contribution in [0, 0.1) is 30.1 Å². The molecule has 2 nitrogen and oxygen atoms in total. The number of aryl methyl sites for hydroxylation is 1. The summed E-state index contributed by atoms with van der Waals surface area (Å²) < 4.78 is 5.32. The van der Waals surface area contributed by atoms with E-state index in [9.17, 15) is 5.26 Å². The van der Waals surface area contributed by atoms with Crippen LogP contribution in [0.5, 0.6) is 0 Å². The molecule has 2 rings (SSSR count). The molecule has 1 aromatic rings. The van der Waals surface area contributed by atoms with E-state index in [1.807, 2.05) is 24.8 Å². The minimum absolute atomic E-state index is 0.206. The van der Waals surface area contributed by atoms with Crippen molar-refractivity contribution in [3.63, 3.8) is 0 Å². The molecular weight excluding hydrogens is 230 g/mol. The summed E-state index contributed by atoms with van der Waals surface area (Å²) in [6, 6.07) is 4.50. The van der Waals surface area contributed by atoms with Crippen LogP contribution in [0.1, 0.15) is 38.4 Å². The first kappa shape index (κ1) is 12.6. The van der Waals surface area contributed by atoms with Gasteiger partial charge in [-0.15, -0.1) is 11.8 Å². The minimum Gasteiger partial charge on any atom is -0.468 e. The third-order valence-corrected chi connectivity index (χ3v) is 5.23. The molecule has 1 fully saturated rings. The summed E-state index contributed by atoms with van der Waals surface area (Å²) in [5.74, 6) is 1.98. The Labute approximate surface area is 107 Å². The fourth-order valence-corrected chi connectivity index (χ4v) is 3.92. The Morgan fingerprint density at radius 2 is 2.35 bits per heavy atom. The first-order valence-corrected chi connectivity index (χ1v) is 7.23. The Balaban J connectivity index is 2.06. The molecule has 0 spiro atoms. The monoisotopic (exact) mass is 249 g/mol. The minimum atomic E-state index is 0.206. The van der Waals surface area contributed by atoms with Crippen LogP contribution >= 0.6 is 11.8 Å². The lowest BCUT2D eigenvalue weighted by Crippen LogP contribution is -2.25. The lowest BCUT2D eigenvalue weighted by Gasteiger charge is -2.31. The van der Waals surface area contributed by atoms with Gasteiger partial charge in [-0.2, -0.15) is 5.26 Å². The Kier molecular flexibility index (Phi) is 4.17. The van der Waals surface area contributed by atoms with Gasteiger partial charge in [-0.3, -0.25) is 0 Å². The van der Waals surface area contributed by atoms with Gasteiger partial charge in [0.1, 0.15) is 5.76 Å². The second kappa shape index (κ2) is 5.64. The Hall–Kier alpha value is -0.880. The third-order valence-electron chi connectivity index (χ3n) is 3.73. The molecule has 17 heavy (non-hydrogen) atoms. The molecule has 0 aromatic carbocycles. The molecule has 0 aliphatic heterocycles. The molecule has 1 aliphatic rings. The molecule has 0 amide bonds. The van der Waals surface area contributed by atoms with Crippen LogP contribution in [0.3, 0.4) is 0 Å². The molecule has 3 atom stereocenters. The summed E-state index contributed by atoms with van der Waals surface area (Å²) in [4.78, 5) is 1.20. The number of hydrogen-bond donors (Lipinski definition) is 0. The maximum Gasteiger partial charge on any atom is 0.114 e. The van der Waals surface area contributed by atoms with Gasteiger partial charge in [0, 0.05) is 10.1 Å². The van der Waals surface area contributed by atoms with Crippen LogP contribution in [-0.2, 0) is 0 Å². The van der Waals surface area contributed by atoms with Gasteiger partial charge in [-0.1, -0.05) is 13.3 Å². The molecule has 3 heteroatoms. The largest absolute Gasteiger partial charge is 0.468 e. The predicted octanol–water partition coefficient (Wildman–Crippen LogP) is 4.40. The van der Waals surface area contributed by atoms with E-state index in [0.29, 0.717) is 5.25 Å². The quantitative estimate of drug-likeness (QED) is 0.796. The average Bonchev–Trinajstić information content (AvgIpc) is 2.75. The van der Waals surface area contributed by atoms with Crippen molar-refractivity contribution in [2.24, 2.45) is 11.8 Å². The van der Waals surface area contributed by atoms with Crippen molar-refractivity contribution in [1.82, 2.24) is 0 Å². The van der Waals surface area contributed by atoms with Gasteiger partial charge >= 0.3 is 0 Å². The Bertz CT molecular complexity index is 407. The van der Waals surface area contributed by atoms with Gasteiger partial charge in [-0.05, 0) is 38.2 Å². The zero-order valence-corrected chi connectivity index (χ0v) is 11.3. The third kappa shape index (κ3) is 2.87. The van der Waals surface area contributed by atoms with Gasteiger partial charge in [-0.25, -0.2) is 0 Å². The van der Waals surface area contributed by atoms with E-state index < -0.39 is 0 Å². The molecule has 1 saturated carbocycles. The molecule has 1 heterocycles. The number of rotatable bonds is 3. The lowest BCUT2D eigenvalue weighted by molar-refractivity contribution is 0.317. The van der Waals surface area contributed by atoms with E-state index in [0.717, 1.165) is 18.1 Å². The number of nitrogens with zero attached hydrogens (tertiary/aromatic N) is 1. The standard InChI is InChI=1S/C14H19NOS/c1-3-11-4-5-12(9-15)14(8-11)17-13-6-7-16-10(13)2/h6-7,11-12,14H,3-5,8H2,1-2H3. The number of furan rings is 1. The summed E-state index contributed by atoms with van der Waals surface area (Å²) in [6.45, 7) is 4.24. The normalized spacial score (nSPS) is 28.9. The fraction of sp³-hybridized carbons (Fsp3) is 0.643. The number of nitriles is 1. The molecule has 3 unspecified atom stereocenters. The van der Waals surface area contributed by atoms with Gasteiger partial charge in [0.25, 0.3) is 0 Å². The van der Waals surface area contributed by atoms with Crippen LogP contribution in [-0.4, -0.2) is 5.25 Å². The molecule has 92 valence electrons. The van der Waals surface area contributed by atoms with E-state index in [2.05, 4.69) is 13.0 Å². The highest BCUT2D eigenvalue weighted by Gasteiger charge is 2.31. The molecule has 0 N–H and O–H groups in total. The Morgan fingerprint density at radius 3 is 2.94 bits per heavy atom. The van der Waals surface area contributed by atoms with Crippen LogP contribution < -0.4 is 0 Å². The van der Waals surface area contributed by atoms with E-state index in [1.165, 1.54) is 24.2 Å². The summed E-state index contributed by atoms with van der Waals surface area (Å²) in [6.07, 6.45) is 6.42. The maximum absolute atomic E-state index is 9.23. The van der Waals surface area contributed by atoms with Gasteiger partial charge in [0.15, 0.2) is 0 Å². The van der Waals surface area contributed by atoms with E-state index in [4.69, 9.17) is 4.42 Å². The van der Waals surface area contributed by atoms with Crippen molar-refractivity contribution in [3.05, 3.63) is 18.1 Å². The van der Waals surface area contributed by atoms with Crippen molar-refractivity contribution >= 4 is 11.8 Å². The summed E-state index contributed by atoms with van der Waals surface area (Å²) in [7, 11) is 0. The molecule has 0 bridgehead atoms. The van der Waals surface area contributed by atoms with E-state index in [-0.39, 0.29) is 5.92 Å². The van der Waals surface area contributed by atoms with Crippen molar-refractivity contribution in [3.8, 4) is 6.07 Å². The summed E-state index contributed by atoms with van der Waals surface area (Å²) in [5, 5.41) is 9.67. The topological polar surface area (TPSA) is 36.9 Å². The van der Waals surface area contributed by atoms with Crippen LogP contribution in [0.25, 0.3) is 0 Å². The van der Waals surface area contributed by atoms with Crippen LogP contribution in [0.15, 0.2) is 21.6 Å². The lowest BCUT2D eigenvalue weighted by atomic mass is 9.81. The molecule has 1 aromatic heterocycles. The zero-order valence-electron chi connectivity index (χ0n) is 10.5. The first-order chi connectivity index (χ1) is 8.24. The van der Waals surface area contributed by atoms with Gasteiger partial charge in [0.2, 0.25) is 0 Å². The SMILES string of the molecule is CCC1CCC(C#N)C(Sc2ccoc2C)C1. The maximum atomic E-state index is 9.23. The van der Waals surface area contributed by atoms with Crippen molar-refractivity contribution in [2.75, 3.05) is 0 Å². The van der Waals surface area contributed by atoms with Gasteiger partial charge in [0.05, 0.1) is 18.3 Å². The second-order valence-corrected chi connectivity index (χ2v) is 6.10. The zero-order chi connectivity index (χ0) is 12.3. The van der Waals surface area contributed by atoms with Crippen LogP contribution in [0.2, 0.25) is 0 Å². The Morgan fingerprint density at radius 1 is 1.53 bits per heavy atom. The second-order valence-electron chi connectivity index (χ2n) is 4.82. The smallest absolute Gasteiger partial charge is 0.114 e. The van der Waals surface area contributed by atoms with Crippen molar-refractivity contribution < 1.29 is 4.42 Å². The van der Waals surface area contributed by atoms with Crippen LogP contribution in [0.4, 0.5) is 0 Å². The number of hydrogen-bond acceptors (Lipinski definition) is 3. The number of thioether (sulfide) groups is 1. The average molecular weight is 249 g/mol. The summed E-state index contributed by atoms with van der Waals surface area (Å²) in [5.41, 5.74) is 0. The first-order valence-electron chi connectivity index (χ1n) is 6.35.